The molecule has 1 unspecified atom stereocenters. The third-order valence-corrected chi connectivity index (χ3v) is 5.81. The Morgan fingerprint density at radius 3 is 2.78 bits per heavy atom. The average Bonchev–Trinajstić information content (AvgIpc) is 3.01. The first-order valence-corrected chi connectivity index (χ1v) is 10.9. The van der Waals surface area contributed by atoms with Gasteiger partial charge in [0.15, 0.2) is 0 Å². The lowest BCUT2D eigenvalue weighted by atomic mass is 10.1. The minimum Gasteiger partial charge on any atom is -0.382 e. The van der Waals surface area contributed by atoms with Gasteiger partial charge in [-0.05, 0) is 43.7 Å². The average molecular weight is 430 g/mol. The van der Waals surface area contributed by atoms with E-state index in [1.54, 1.807) is 36.7 Å². The second kappa shape index (κ2) is 8.76. The van der Waals surface area contributed by atoms with Gasteiger partial charge in [0.2, 0.25) is 0 Å². The van der Waals surface area contributed by atoms with Crippen LogP contribution in [0.3, 0.4) is 0 Å². The van der Waals surface area contributed by atoms with E-state index in [4.69, 9.17) is 10.7 Å². The molecule has 0 radical (unpaired) electrons. The number of carbonyl (C=O) groups excluding carboxylic acids is 1. The summed E-state index contributed by atoms with van der Waals surface area (Å²) in [7, 11) is 0. The van der Waals surface area contributed by atoms with Crippen molar-refractivity contribution in [3.63, 3.8) is 0 Å². The van der Waals surface area contributed by atoms with E-state index in [1.165, 1.54) is 19.3 Å². The van der Waals surface area contributed by atoms with Crippen molar-refractivity contribution in [3.05, 3.63) is 72.4 Å². The summed E-state index contributed by atoms with van der Waals surface area (Å²) in [5, 5.41) is 6.42. The maximum atomic E-state index is 12.6. The minimum absolute atomic E-state index is 0. The fraction of sp³-hybridized carbons (Fsp3) is 0.250. The van der Waals surface area contributed by atoms with Crippen LogP contribution >= 0.6 is 0 Å². The van der Waals surface area contributed by atoms with Gasteiger partial charge in [-0.2, -0.15) is 0 Å². The summed E-state index contributed by atoms with van der Waals surface area (Å²) in [6, 6.07) is 12.9. The van der Waals surface area contributed by atoms with Gasteiger partial charge in [-0.1, -0.05) is 31.0 Å². The van der Waals surface area contributed by atoms with Crippen molar-refractivity contribution in [2.45, 2.75) is 31.7 Å². The molecule has 4 heterocycles. The quantitative estimate of drug-likeness (QED) is 0.451. The molecule has 32 heavy (non-hydrogen) atoms. The molecule has 1 atom stereocenters. The van der Waals surface area contributed by atoms with E-state index in [0.717, 1.165) is 35.6 Å². The van der Waals surface area contributed by atoms with Crippen molar-refractivity contribution in [1.29, 1.82) is 0 Å². The van der Waals surface area contributed by atoms with E-state index in [9.17, 15) is 4.79 Å². The van der Waals surface area contributed by atoms with Gasteiger partial charge in [0.05, 0.1) is 6.04 Å². The molecule has 164 valence electrons. The van der Waals surface area contributed by atoms with Crippen LogP contribution in [0.25, 0.3) is 16.8 Å². The number of rotatable bonds is 4. The van der Waals surface area contributed by atoms with E-state index in [-0.39, 0.29) is 13.4 Å². The van der Waals surface area contributed by atoms with Crippen LogP contribution in [0.1, 0.15) is 49.3 Å². The van der Waals surface area contributed by atoms with Crippen molar-refractivity contribution in [3.8, 4) is 11.3 Å². The fourth-order valence-corrected chi connectivity index (χ4v) is 4.19. The first kappa shape index (κ1) is 20.1. The van der Waals surface area contributed by atoms with Crippen LogP contribution in [0.5, 0.6) is 0 Å². The van der Waals surface area contributed by atoms with Gasteiger partial charge in [0.1, 0.15) is 28.7 Å². The molecule has 0 saturated carbocycles. The molecule has 1 aliphatic heterocycles. The van der Waals surface area contributed by atoms with Gasteiger partial charge < -0.3 is 16.4 Å². The van der Waals surface area contributed by atoms with Crippen molar-refractivity contribution >= 4 is 23.1 Å². The molecule has 4 aromatic rings. The third-order valence-electron chi connectivity index (χ3n) is 5.81. The summed E-state index contributed by atoms with van der Waals surface area (Å²) in [5.41, 5.74) is 9.26. The lowest BCUT2D eigenvalue weighted by Crippen LogP contribution is -2.22. The molecule has 1 aromatic carbocycles. The predicted molar refractivity (Wildman–Crippen MR) is 126 cm³/mol. The van der Waals surface area contributed by atoms with Crippen molar-refractivity contribution < 1.29 is 6.22 Å². The highest BCUT2D eigenvalue weighted by molar-refractivity contribution is 6.04. The number of pyridine rings is 1. The highest BCUT2D eigenvalue weighted by atomic mass is 16.1. The fourth-order valence-electron chi connectivity index (χ4n) is 4.19. The Hall–Kier alpha value is -3.78. The second-order valence-corrected chi connectivity index (χ2v) is 7.95. The lowest BCUT2D eigenvalue weighted by Gasteiger charge is -2.14. The second-order valence-electron chi connectivity index (χ2n) is 7.95. The highest BCUT2D eigenvalue weighted by Gasteiger charge is 2.23. The summed E-state index contributed by atoms with van der Waals surface area (Å²) < 4.78 is 2.04. The molecule has 8 heteroatoms. The molecule has 0 spiro atoms. The number of imidazole rings is 1. The van der Waals surface area contributed by atoms with Crippen molar-refractivity contribution in [1.82, 2.24) is 24.7 Å². The Bertz CT molecular complexity index is 1230. The maximum Gasteiger partial charge on any atom is 0.256 e. The minimum atomic E-state index is -0.213. The van der Waals surface area contributed by atoms with Gasteiger partial charge in [-0.3, -0.25) is 9.20 Å². The Labute approximate surface area is 187 Å². The molecule has 8 nitrogen and oxygen atoms in total. The maximum absolute atomic E-state index is 12.6. The molecule has 0 aliphatic carbocycles. The molecule has 1 fully saturated rings. The monoisotopic (exact) mass is 429 g/mol. The van der Waals surface area contributed by atoms with E-state index >= 15 is 0 Å². The first-order chi connectivity index (χ1) is 15.7. The summed E-state index contributed by atoms with van der Waals surface area (Å²) in [4.78, 5) is 26.0. The largest absolute Gasteiger partial charge is 0.382 e. The van der Waals surface area contributed by atoms with Crippen LogP contribution in [0.15, 0.2) is 61.1 Å². The predicted octanol–water partition coefficient (Wildman–Crippen LogP) is 4.08. The van der Waals surface area contributed by atoms with Crippen LogP contribution in [0.4, 0.5) is 11.6 Å². The van der Waals surface area contributed by atoms with Crippen LogP contribution in [-0.2, 0) is 0 Å². The smallest absolute Gasteiger partial charge is 0.256 e. The SMILES string of the molecule is Nc1nccn2c(C3CCCCCN3)nc(-c3ccc(C(=O)Nc4ccccn4)cc3)c12.[HH]. The number of aromatic nitrogens is 4. The Morgan fingerprint density at radius 2 is 1.97 bits per heavy atom. The number of benzene rings is 1. The zero-order valence-electron chi connectivity index (χ0n) is 17.7. The van der Waals surface area contributed by atoms with Crippen LogP contribution in [-0.4, -0.2) is 31.8 Å². The molecule has 5 rings (SSSR count). The number of anilines is 2. The Kier molecular flexibility index (Phi) is 5.51. The van der Waals surface area contributed by atoms with Gasteiger partial charge in [0, 0.05) is 31.1 Å². The topological polar surface area (TPSA) is 110 Å². The Balaban J connectivity index is 0.00000259. The molecule has 4 N–H and O–H groups in total. The summed E-state index contributed by atoms with van der Waals surface area (Å²) >= 11 is 0. The van der Waals surface area contributed by atoms with Crippen LogP contribution in [0, 0.1) is 0 Å². The zero-order valence-corrected chi connectivity index (χ0v) is 17.7. The van der Waals surface area contributed by atoms with Gasteiger partial charge >= 0.3 is 0 Å². The number of hydrogen-bond donors (Lipinski definition) is 3. The zero-order chi connectivity index (χ0) is 21.9. The summed E-state index contributed by atoms with van der Waals surface area (Å²) in [6.45, 7) is 0.982. The number of amides is 1. The normalized spacial score (nSPS) is 16.6. The molecule has 0 bridgehead atoms. The molecular weight excluding hydrogens is 402 g/mol. The lowest BCUT2D eigenvalue weighted by molar-refractivity contribution is 0.102. The number of nitrogens with one attached hydrogen (secondary N) is 2. The van der Waals surface area contributed by atoms with Crippen molar-refractivity contribution in [2.75, 3.05) is 17.6 Å². The van der Waals surface area contributed by atoms with Gasteiger partial charge in [-0.15, -0.1) is 0 Å². The van der Waals surface area contributed by atoms with E-state index in [0.29, 0.717) is 17.2 Å². The number of carbonyl (C=O) groups is 1. The molecule has 1 amide bonds. The number of nitrogens with zero attached hydrogens (tertiary/aromatic N) is 4. The first-order valence-electron chi connectivity index (χ1n) is 10.9. The van der Waals surface area contributed by atoms with Gasteiger partial charge in [-0.25, -0.2) is 15.0 Å². The van der Waals surface area contributed by atoms with Crippen molar-refractivity contribution in [2.24, 2.45) is 0 Å². The number of fused-ring (bicyclic) bond motifs is 1. The van der Waals surface area contributed by atoms with E-state index < -0.39 is 0 Å². The van der Waals surface area contributed by atoms with Crippen LogP contribution < -0.4 is 16.4 Å². The standard InChI is InChI=1S/C24H25N7O.H2/c25-22-21-20(30-23(31(21)15-14-28-22)18-6-2-1-4-12-26-18)16-8-10-17(11-9-16)24(32)29-19-7-3-5-13-27-19;/h3,5,7-11,13-15,18,26H,1-2,4,6,12H2,(H2,25,28)(H,27,29,32);1H. The highest BCUT2D eigenvalue weighted by Crippen LogP contribution is 2.32. The number of nitrogen functional groups attached to an aromatic ring is 1. The summed E-state index contributed by atoms with van der Waals surface area (Å²) in [6.07, 6.45) is 9.87. The van der Waals surface area contributed by atoms with E-state index in [2.05, 4.69) is 20.6 Å². The molecular formula is C24H27N7O. The number of hydrogen-bond acceptors (Lipinski definition) is 6. The van der Waals surface area contributed by atoms with Gasteiger partial charge in [0.25, 0.3) is 5.91 Å². The number of nitrogens with two attached hydrogens (primary N) is 1. The summed E-state index contributed by atoms with van der Waals surface area (Å²) in [5.74, 6) is 1.69. The van der Waals surface area contributed by atoms with Crippen LogP contribution in [0.2, 0.25) is 0 Å². The molecule has 1 aliphatic rings. The Morgan fingerprint density at radius 1 is 1.09 bits per heavy atom. The third kappa shape index (κ3) is 3.92. The van der Waals surface area contributed by atoms with E-state index in [1.807, 2.05) is 28.8 Å². The molecule has 1 saturated heterocycles. The molecule has 3 aromatic heterocycles.